The maximum atomic E-state index is 12.4. The van der Waals surface area contributed by atoms with Crippen LogP contribution in [0.25, 0.3) is 16.6 Å². The monoisotopic (exact) mass is 442 g/mol. The number of hydrogen-bond donors (Lipinski definition) is 1. The zero-order valence-electron chi connectivity index (χ0n) is 19.2. The van der Waals surface area contributed by atoms with Gasteiger partial charge in [-0.2, -0.15) is 5.10 Å². The van der Waals surface area contributed by atoms with Gasteiger partial charge in [0.1, 0.15) is 24.0 Å². The summed E-state index contributed by atoms with van der Waals surface area (Å²) in [4.78, 5) is 25.5. The molecule has 1 aliphatic carbocycles. The Labute approximate surface area is 192 Å². The minimum atomic E-state index is -0.209. The van der Waals surface area contributed by atoms with E-state index in [0.29, 0.717) is 23.2 Å². The third-order valence-electron chi connectivity index (χ3n) is 6.03. The molecule has 0 atom stereocenters. The van der Waals surface area contributed by atoms with Gasteiger partial charge in [0, 0.05) is 40.7 Å². The lowest BCUT2D eigenvalue weighted by molar-refractivity contribution is -0.125. The summed E-state index contributed by atoms with van der Waals surface area (Å²) >= 11 is 0. The van der Waals surface area contributed by atoms with Crippen LogP contribution in [0.15, 0.2) is 42.7 Å². The first-order valence-electron chi connectivity index (χ1n) is 11.0. The molecular weight excluding hydrogens is 416 g/mol. The molecule has 0 aromatic carbocycles. The molecule has 1 saturated carbocycles. The van der Waals surface area contributed by atoms with Gasteiger partial charge in [0.15, 0.2) is 11.6 Å². The summed E-state index contributed by atoms with van der Waals surface area (Å²) in [6, 6.07) is 9.85. The van der Waals surface area contributed by atoms with Crippen molar-refractivity contribution in [1.82, 2.24) is 24.6 Å². The second kappa shape index (κ2) is 7.95. The summed E-state index contributed by atoms with van der Waals surface area (Å²) in [7, 11) is 0. The average Bonchev–Trinajstić information content (AvgIpc) is 3.39. The van der Waals surface area contributed by atoms with E-state index in [2.05, 4.69) is 25.4 Å². The summed E-state index contributed by atoms with van der Waals surface area (Å²) in [5, 5.41) is 7.84. The summed E-state index contributed by atoms with van der Waals surface area (Å²) in [5.41, 5.74) is 4.34. The van der Waals surface area contributed by atoms with E-state index in [1.807, 2.05) is 64.2 Å². The van der Waals surface area contributed by atoms with E-state index in [4.69, 9.17) is 4.74 Å². The molecule has 0 unspecified atom stereocenters. The number of aryl methyl sites for hydroxylation is 3. The number of ether oxygens (including phenoxy) is 1. The Hall–Kier alpha value is -3.81. The molecule has 0 spiro atoms. The van der Waals surface area contributed by atoms with Gasteiger partial charge in [0.05, 0.1) is 11.7 Å². The van der Waals surface area contributed by atoms with E-state index in [1.54, 1.807) is 10.7 Å². The Morgan fingerprint density at radius 1 is 1.09 bits per heavy atom. The predicted molar refractivity (Wildman–Crippen MR) is 126 cm³/mol. The number of nitrogens with zero attached hydrogens (tertiary/aromatic N) is 5. The number of anilines is 2. The van der Waals surface area contributed by atoms with Gasteiger partial charge in [0.2, 0.25) is 0 Å². The molecule has 1 fully saturated rings. The molecule has 0 radical (unpaired) electrons. The Kier molecular flexibility index (Phi) is 5.08. The molecule has 4 aromatic heterocycles. The lowest BCUT2D eigenvalue weighted by Gasteiger charge is -2.13. The minimum Gasteiger partial charge on any atom is -0.484 e. The topological polar surface area (TPSA) is 94.3 Å². The fourth-order valence-electron chi connectivity index (χ4n) is 3.81. The highest BCUT2D eigenvalue weighted by Crippen LogP contribution is 2.46. The van der Waals surface area contributed by atoms with Gasteiger partial charge in [-0.05, 0) is 57.4 Å². The van der Waals surface area contributed by atoms with Crippen molar-refractivity contribution in [3.05, 3.63) is 59.9 Å². The molecule has 5 rings (SSSR count). The van der Waals surface area contributed by atoms with Crippen molar-refractivity contribution in [3.8, 4) is 16.9 Å². The first-order chi connectivity index (χ1) is 15.8. The van der Waals surface area contributed by atoms with E-state index < -0.39 is 0 Å². The van der Waals surface area contributed by atoms with Crippen LogP contribution in [0.2, 0.25) is 0 Å². The maximum absolute atomic E-state index is 12.4. The number of pyridine rings is 2. The molecule has 0 amide bonds. The highest BCUT2D eigenvalue weighted by Gasteiger charge is 2.44. The number of rotatable bonds is 7. The minimum absolute atomic E-state index is 0.0645. The van der Waals surface area contributed by atoms with Gasteiger partial charge in [0.25, 0.3) is 0 Å². The van der Waals surface area contributed by atoms with Gasteiger partial charge >= 0.3 is 0 Å². The number of carbonyl (C=O) groups excluding carboxylic acids is 1. The zero-order valence-corrected chi connectivity index (χ0v) is 19.2. The molecule has 1 N–H and O–H groups in total. The summed E-state index contributed by atoms with van der Waals surface area (Å²) < 4.78 is 7.74. The third-order valence-corrected chi connectivity index (χ3v) is 6.03. The standard InChI is InChI=1S/C25H26N6O2/c1-15-9-20(21(13-26-15)33-14-22(32)25(4)6-7-25)18-5-8-31-19(11-18)12-24(30-31)29-23-10-16(2)27-17(3)28-23/h5,8-13H,6-7,14H2,1-4H3,(H,27,28,29,30). The molecule has 8 nitrogen and oxygen atoms in total. The number of nitrogens with one attached hydrogen (secondary N) is 1. The Balaban J connectivity index is 1.42. The second-order valence-corrected chi connectivity index (χ2v) is 8.98. The smallest absolute Gasteiger partial charge is 0.176 e. The Bertz CT molecular complexity index is 1350. The van der Waals surface area contributed by atoms with E-state index in [1.165, 1.54) is 0 Å². The fourth-order valence-corrected chi connectivity index (χ4v) is 3.81. The second-order valence-electron chi connectivity index (χ2n) is 8.98. The SMILES string of the molecule is Cc1cc(-c2ccn3nc(Nc4cc(C)nc(C)n4)cc3c2)c(OCC(=O)C2(C)CC2)cn1. The van der Waals surface area contributed by atoms with Crippen molar-refractivity contribution in [2.75, 3.05) is 11.9 Å². The normalized spacial score (nSPS) is 14.3. The van der Waals surface area contributed by atoms with Gasteiger partial charge in [-0.1, -0.05) is 6.92 Å². The quantitative estimate of drug-likeness (QED) is 0.447. The summed E-state index contributed by atoms with van der Waals surface area (Å²) in [6.45, 7) is 7.80. The molecule has 8 heteroatoms. The van der Waals surface area contributed by atoms with Crippen LogP contribution in [0.1, 0.15) is 37.0 Å². The molecule has 0 saturated heterocycles. The van der Waals surface area contributed by atoms with Crippen LogP contribution in [0, 0.1) is 26.2 Å². The molecule has 4 heterocycles. The van der Waals surface area contributed by atoms with Crippen molar-refractivity contribution < 1.29 is 9.53 Å². The molecular formula is C25H26N6O2. The van der Waals surface area contributed by atoms with Crippen molar-refractivity contribution in [2.45, 2.75) is 40.5 Å². The number of Topliss-reactive ketones (excluding diaryl/α,β-unsaturated/α-hetero) is 1. The Morgan fingerprint density at radius 2 is 1.91 bits per heavy atom. The molecule has 33 heavy (non-hydrogen) atoms. The number of carbonyl (C=O) groups is 1. The number of aromatic nitrogens is 5. The van der Waals surface area contributed by atoms with Crippen molar-refractivity contribution in [1.29, 1.82) is 0 Å². The van der Waals surface area contributed by atoms with Crippen LogP contribution in [0.3, 0.4) is 0 Å². The van der Waals surface area contributed by atoms with Crippen molar-refractivity contribution in [3.63, 3.8) is 0 Å². The lowest BCUT2D eigenvalue weighted by Crippen LogP contribution is -2.20. The number of ketones is 1. The predicted octanol–water partition coefficient (Wildman–Crippen LogP) is 4.60. The highest BCUT2D eigenvalue weighted by atomic mass is 16.5. The molecule has 0 bridgehead atoms. The van der Waals surface area contributed by atoms with Gasteiger partial charge in [-0.3, -0.25) is 9.78 Å². The fraction of sp³-hybridized carbons (Fsp3) is 0.320. The number of hydrogen-bond acceptors (Lipinski definition) is 7. The molecule has 168 valence electrons. The van der Waals surface area contributed by atoms with Crippen molar-refractivity contribution in [2.24, 2.45) is 5.41 Å². The van der Waals surface area contributed by atoms with Crippen LogP contribution in [0.5, 0.6) is 5.75 Å². The summed E-state index contributed by atoms with van der Waals surface area (Å²) in [6.07, 6.45) is 5.48. The zero-order chi connectivity index (χ0) is 23.2. The van der Waals surface area contributed by atoms with Gasteiger partial charge < -0.3 is 10.1 Å². The number of fused-ring (bicyclic) bond motifs is 1. The maximum Gasteiger partial charge on any atom is 0.176 e. The van der Waals surface area contributed by atoms with E-state index in [-0.39, 0.29) is 17.8 Å². The van der Waals surface area contributed by atoms with Crippen LogP contribution in [-0.4, -0.2) is 37.0 Å². The third kappa shape index (κ3) is 4.41. The van der Waals surface area contributed by atoms with Crippen LogP contribution < -0.4 is 10.1 Å². The van der Waals surface area contributed by atoms with Crippen LogP contribution in [0.4, 0.5) is 11.6 Å². The van der Waals surface area contributed by atoms with E-state index >= 15 is 0 Å². The average molecular weight is 443 g/mol. The van der Waals surface area contributed by atoms with E-state index in [0.717, 1.165) is 40.9 Å². The Morgan fingerprint density at radius 3 is 2.67 bits per heavy atom. The largest absolute Gasteiger partial charge is 0.484 e. The van der Waals surface area contributed by atoms with Crippen LogP contribution >= 0.6 is 0 Å². The van der Waals surface area contributed by atoms with E-state index in [9.17, 15) is 4.79 Å². The molecule has 1 aliphatic rings. The van der Waals surface area contributed by atoms with Crippen molar-refractivity contribution >= 4 is 22.9 Å². The van der Waals surface area contributed by atoms with Crippen LogP contribution in [-0.2, 0) is 4.79 Å². The molecule has 0 aliphatic heterocycles. The van der Waals surface area contributed by atoms with Gasteiger partial charge in [-0.15, -0.1) is 0 Å². The molecule has 4 aromatic rings. The first-order valence-corrected chi connectivity index (χ1v) is 11.0. The van der Waals surface area contributed by atoms with Gasteiger partial charge in [-0.25, -0.2) is 14.5 Å². The summed E-state index contributed by atoms with van der Waals surface area (Å²) in [5.74, 6) is 2.85. The highest BCUT2D eigenvalue weighted by molar-refractivity contribution is 5.88. The first kappa shape index (κ1) is 21.1. The lowest BCUT2D eigenvalue weighted by atomic mass is 10.0.